The summed E-state index contributed by atoms with van der Waals surface area (Å²) in [4.78, 5) is 24.6. The molecule has 1 aliphatic heterocycles. The summed E-state index contributed by atoms with van der Waals surface area (Å²) in [6, 6.07) is 0. The summed E-state index contributed by atoms with van der Waals surface area (Å²) >= 11 is 0. The first-order chi connectivity index (χ1) is 10.4. The number of H-pyrrole nitrogens is 1. The van der Waals surface area contributed by atoms with Crippen LogP contribution >= 0.6 is 0 Å². The first kappa shape index (κ1) is 14.4. The van der Waals surface area contributed by atoms with Gasteiger partial charge in [0.1, 0.15) is 0 Å². The van der Waals surface area contributed by atoms with E-state index in [1.54, 1.807) is 0 Å². The molecule has 116 valence electrons. The molecule has 5 N–H and O–H groups in total. The number of imidazole rings is 1. The normalized spacial score (nSPS) is 31.5. The molecule has 0 spiro atoms. The Bertz CT molecular complexity index is 828. The van der Waals surface area contributed by atoms with E-state index in [9.17, 15) is 19.4 Å². The Morgan fingerprint density at radius 3 is 3.00 bits per heavy atom. The third-order valence-corrected chi connectivity index (χ3v) is 3.50. The van der Waals surface area contributed by atoms with Gasteiger partial charge in [-0.15, -0.1) is 0 Å². The molecular weight excluding hydrogens is 299 g/mol. The zero-order valence-corrected chi connectivity index (χ0v) is 11.0. The summed E-state index contributed by atoms with van der Waals surface area (Å²) in [7, 11) is 0. The smallest absolute Gasteiger partial charge is 0.385 e. The average Bonchev–Trinajstić information content (AvgIpc) is 3.01. The van der Waals surface area contributed by atoms with E-state index in [2.05, 4.69) is 19.8 Å². The van der Waals surface area contributed by atoms with Gasteiger partial charge < -0.3 is 15.9 Å². The molecule has 22 heavy (non-hydrogen) atoms. The van der Waals surface area contributed by atoms with Crippen molar-refractivity contribution >= 4 is 17.1 Å². The van der Waals surface area contributed by atoms with Gasteiger partial charge in [-0.25, -0.2) is 15.9 Å². The van der Waals surface area contributed by atoms with E-state index >= 15 is 0 Å². The van der Waals surface area contributed by atoms with E-state index in [1.807, 2.05) is 0 Å². The molecular formula is C11H11FN6O4. The molecule has 3 heterocycles. The van der Waals surface area contributed by atoms with E-state index in [1.165, 1.54) is 0 Å². The third-order valence-electron chi connectivity index (χ3n) is 3.50. The number of rotatable bonds is 2. The summed E-state index contributed by atoms with van der Waals surface area (Å²) in [5, 5.41) is 19.1. The molecule has 2 aromatic rings. The maximum atomic E-state index is 14.3. The first-order valence-electron chi connectivity index (χ1n) is 6.15. The number of anilines is 1. The van der Waals surface area contributed by atoms with Crippen molar-refractivity contribution in [3.05, 3.63) is 28.1 Å². The number of aromatic amines is 1. The van der Waals surface area contributed by atoms with Gasteiger partial charge >= 0.3 is 5.72 Å². The lowest BCUT2D eigenvalue weighted by Gasteiger charge is -2.16. The molecule has 0 bridgehead atoms. The highest BCUT2D eigenvalue weighted by Crippen LogP contribution is 2.40. The second-order valence-corrected chi connectivity index (χ2v) is 4.79. The van der Waals surface area contributed by atoms with Crippen molar-refractivity contribution in [1.29, 1.82) is 0 Å². The number of hydrogen-bond donors (Lipinski definition) is 4. The maximum absolute atomic E-state index is 14.3. The van der Waals surface area contributed by atoms with Gasteiger partial charge in [0, 0.05) is 0 Å². The lowest BCUT2D eigenvalue weighted by atomic mass is 10.1. The van der Waals surface area contributed by atoms with E-state index in [4.69, 9.17) is 17.0 Å². The first-order valence-corrected chi connectivity index (χ1v) is 6.15. The zero-order valence-electron chi connectivity index (χ0n) is 11.0. The third kappa shape index (κ3) is 1.78. The minimum absolute atomic E-state index is 0.0557. The number of ether oxygens (including phenoxy) is 1. The Labute approximate surface area is 121 Å². The van der Waals surface area contributed by atoms with Crippen LogP contribution in [0.5, 0.6) is 0 Å². The monoisotopic (exact) mass is 310 g/mol. The number of nitrogens with zero attached hydrogens (tertiary/aromatic N) is 4. The molecule has 3 rings (SSSR count). The highest BCUT2D eigenvalue weighted by atomic mass is 19.1. The van der Waals surface area contributed by atoms with Gasteiger partial charge in [0.05, 0.1) is 6.33 Å². The fourth-order valence-electron chi connectivity index (χ4n) is 2.35. The number of halogens is 1. The van der Waals surface area contributed by atoms with Crippen LogP contribution in [0.4, 0.5) is 10.3 Å². The number of hydrogen-bond acceptors (Lipinski definition) is 7. The summed E-state index contributed by atoms with van der Waals surface area (Å²) < 4.78 is 20.6. The van der Waals surface area contributed by atoms with Crippen molar-refractivity contribution < 1.29 is 19.3 Å². The van der Waals surface area contributed by atoms with E-state index in [-0.39, 0.29) is 17.1 Å². The fourth-order valence-corrected chi connectivity index (χ4v) is 2.35. The number of aliphatic hydroxyl groups excluding tert-OH is 2. The summed E-state index contributed by atoms with van der Waals surface area (Å²) in [6.45, 7) is 6.12. The number of nitrogen functional groups attached to an aromatic ring is 1. The van der Waals surface area contributed by atoms with E-state index in [0.717, 1.165) is 10.9 Å². The highest BCUT2D eigenvalue weighted by Gasteiger charge is 2.62. The van der Waals surface area contributed by atoms with Crippen molar-refractivity contribution in [2.75, 3.05) is 12.3 Å². The number of nitrogens with two attached hydrogens (primary N) is 1. The number of fused-ring (bicyclic) bond motifs is 1. The van der Waals surface area contributed by atoms with Gasteiger partial charge in [-0.3, -0.25) is 23.9 Å². The summed E-state index contributed by atoms with van der Waals surface area (Å²) in [6.07, 6.45) is -4.28. The van der Waals surface area contributed by atoms with Gasteiger partial charge in [0.2, 0.25) is 5.95 Å². The van der Waals surface area contributed by atoms with Crippen LogP contribution in [0.25, 0.3) is 16.0 Å². The van der Waals surface area contributed by atoms with Crippen LogP contribution in [-0.4, -0.2) is 54.3 Å². The second kappa shape index (κ2) is 4.73. The van der Waals surface area contributed by atoms with Crippen LogP contribution in [0, 0.1) is 6.57 Å². The maximum Gasteiger partial charge on any atom is 0.390 e. The Morgan fingerprint density at radius 1 is 1.68 bits per heavy atom. The quantitative estimate of drug-likeness (QED) is 0.496. The Balaban J connectivity index is 2.13. The molecule has 1 fully saturated rings. The van der Waals surface area contributed by atoms with Gasteiger partial charge in [0.25, 0.3) is 5.56 Å². The minimum atomic E-state index is -2.12. The molecule has 0 amide bonds. The zero-order chi connectivity index (χ0) is 16.1. The van der Waals surface area contributed by atoms with Crippen LogP contribution in [0.3, 0.4) is 0 Å². The number of aliphatic hydroxyl groups is 2. The molecule has 0 aromatic carbocycles. The van der Waals surface area contributed by atoms with Crippen molar-refractivity contribution in [3.8, 4) is 0 Å². The van der Waals surface area contributed by atoms with Crippen molar-refractivity contribution in [3.63, 3.8) is 0 Å². The Kier molecular flexibility index (Phi) is 3.10. The molecule has 0 radical (unpaired) electrons. The number of aromatic nitrogens is 4. The van der Waals surface area contributed by atoms with Gasteiger partial charge in [-0.05, 0) is 0 Å². The van der Waals surface area contributed by atoms with Gasteiger partial charge in [-0.1, -0.05) is 0 Å². The van der Waals surface area contributed by atoms with Gasteiger partial charge in [-0.2, -0.15) is 4.98 Å². The summed E-state index contributed by atoms with van der Waals surface area (Å²) in [5.74, 6) is -0.202. The predicted molar refractivity (Wildman–Crippen MR) is 70.0 cm³/mol. The molecule has 2 aromatic heterocycles. The van der Waals surface area contributed by atoms with Gasteiger partial charge in [0.15, 0.2) is 36.3 Å². The predicted octanol–water partition coefficient (Wildman–Crippen LogP) is -1.46. The van der Waals surface area contributed by atoms with Crippen molar-refractivity contribution in [2.24, 2.45) is 0 Å². The molecule has 4 atom stereocenters. The molecule has 1 saturated heterocycles. The van der Waals surface area contributed by atoms with Crippen LogP contribution in [0.15, 0.2) is 11.1 Å². The summed E-state index contributed by atoms with van der Waals surface area (Å²) in [5.41, 5.74) is 2.55. The Morgan fingerprint density at radius 2 is 2.41 bits per heavy atom. The van der Waals surface area contributed by atoms with Crippen LogP contribution in [0.2, 0.25) is 0 Å². The van der Waals surface area contributed by atoms with Crippen LogP contribution < -0.4 is 11.3 Å². The largest absolute Gasteiger partial charge is 0.390 e. The minimum Gasteiger partial charge on any atom is -0.385 e. The average molecular weight is 310 g/mol. The molecule has 0 saturated carbocycles. The number of nitrogens with one attached hydrogen (secondary N) is 1. The Hall–Kier alpha value is -2.55. The lowest BCUT2D eigenvalue weighted by Crippen LogP contribution is -2.42. The molecule has 0 unspecified atom stereocenters. The molecule has 0 aliphatic carbocycles. The number of alkyl halides is 1. The van der Waals surface area contributed by atoms with E-state index in [0.29, 0.717) is 0 Å². The molecule has 1 aliphatic rings. The van der Waals surface area contributed by atoms with Crippen molar-refractivity contribution in [1.82, 2.24) is 19.5 Å². The van der Waals surface area contributed by atoms with Crippen LogP contribution in [-0.2, 0) is 4.74 Å². The fraction of sp³-hybridized carbons (Fsp3) is 0.455. The van der Waals surface area contributed by atoms with Crippen molar-refractivity contribution in [2.45, 2.75) is 24.2 Å². The van der Waals surface area contributed by atoms with E-state index < -0.39 is 36.4 Å². The van der Waals surface area contributed by atoms with Crippen LogP contribution in [0.1, 0.15) is 6.23 Å². The SMILES string of the molecule is [C-]#[N+][C@]1(CO)O[C@@H](n2cnc3c(=O)[nH]c(N)nc32)[C@H](F)[C@@H]1O. The standard InChI is InChI=1S/C11H11FN6O4/c1-14-11(2-19)6(20)4(12)9(22-11)18-3-15-5-7(18)16-10(13)17-8(5)21/h3-4,6,9,19-20H,2H2,(H3,13,16,17,21)/t4-,6+,9-,11-/m1/s1. The molecule has 11 heteroatoms. The highest BCUT2D eigenvalue weighted by molar-refractivity contribution is 5.70. The molecule has 10 nitrogen and oxygen atoms in total. The lowest BCUT2D eigenvalue weighted by molar-refractivity contribution is -0.0979. The topological polar surface area (TPSA) is 144 Å². The second-order valence-electron chi connectivity index (χ2n) is 4.79.